The predicted molar refractivity (Wildman–Crippen MR) is 65.8 cm³/mol. The van der Waals surface area contributed by atoms with Crippen LogP contribution < -0.4 is 0 Å². The van der Waals surface area contributed by atoms with Gasteiger partial charge in [-0.1, -0.05) is 0 Å². The van der Waals surface area contributed by atoms with E-state index < -0.39 is 5.97 Å². The van der Waals surface area contributed by atoms with E-state index in [0.717, 1.165) is 5.69 Å². The first kappa shape index (κ1) is 13.7. The summed E-state index contributed by atoms with van der Waals surface area (Å²) in [7, 11) is 0. The van der Waals surface area contributed by atoms with Crippen LogP contribution in [0.3, 0.4) is 0 Å². The van der Waals surface area contributed by atoms with E-state index in [9.17, 15) is 4.79 Å². The quantitative estimate of drug-likeness (QED) is 0.821. The summed E-state index contributed by atoms with van der Waals surface area (Å²) >= 11 is 0. The fourth-order valence-corrected chi connectivity index (χ4v) is 1.72. The Morgan fingerprint density at radius 2 is 2.12 bits per heavy atom. The number of aromatic nitrogens is 2. The zero-order valence-corrected chi connectivity index (χ0v) is 10.9. The molecule has 1 rings (SSSR count). The summed E-state index contributed by atoms with van der Waals surface area (Å²) in [6.07, 6.45) is 3.59. The number of rotatable bonds is 6. The van der Waals surface area contributed by atoms with Crippen molar-refractivity contribution in [1.29, 1.82) is 0 Å². The monoisotopic (exact) mass is 239 g/mol. The Morgan fingerprint density at radius 1 is 1.47 bits per heavy atom. The van der Waals surface area contributed by atoms with Crippen molar-refractivity contribution in [3.8, 4) is 0 Å². The Balaban J connectivity index is 2.78. The molecule has 0 aliphatic rings. The van der Waals surface area contributed by atoms with Crippen LogP contribution in [-0.2, 0) is 11.3 Å². The second kappa shape index (κ2) is 5.82. The van der Waals surface area contributed by atoms with E-state index in [1.165, 1.54) is 0 Å². The van der Waals surface area contributed by atoms with Gasteiger partial charge in [-0.15, -0.1) is 0 Å². The fraction of sp³-hybridized carbons (Fsp3) is 0.667. The Morgan fingerprint density at radius 3 is 2.59 bits per heavy atom. The summed E-state index contributed by atoms with van der Waals surface area (Å²) < 4.78 is 2.07. The molecule has 0 saturated carbocycles. The lowest BCUT2D eigenvalue weighted by atomic mass is 10.2. The largest absolute Gasteiger partial charge is 0.480 e. The molecule has 0 amide bonds. The molecule has 96 valence electrons. The smallest absolute Gasteiger partial charge is 0.317 e. The van der Waals surface area contributed by atoms with Gasteiger partial charge in [0.1, 0.15) is 0 Å². The van der Waals surface area contributed by atoms with Crippen molar-refractivity contribution in [2.75, 3.05) is 6.54 Å². The molecular weight excluding hydrogens is 218 g/mol. The summed E-state index contributed by atoms with van der Waals surface area (Å²) in [5.74, 6) is -0.797. The zero-order chi connectivity index (χ0) is 13.0. The molecule has 1 aromatic rings. The molecule has 1 aromatic heterocycles. The third-order valence-electron chi connectivity index (χ3n) is 2.74. The fourth-order valence-electron chi connectivity index (χ4n) is 1.72. The number of hydrogen-bond donors (Lipinski definition) is 1. The first-order chi connectivity index (χ1) is 7.91. The normalized spacial score (nSPS) is 11.7. The van der Waals surface area contributed by atoms with Crippen LogP contribution in [0.25, 0.3) is 0 Å². The van der Waals surface area contributed by atoms with Crippen LogP contribution in [0.15, 0.2) is 12.5 Å². The van der Waals surface area contributed by atoms with Crippen molar-refractivity contribution in [3.05, 3.63) is 18.2 Å². The molecule has 0 aromatic carbocycles. The van der Waals surface area contributed by atoms with Gasteiger partial charge in [0, 0.05) is 24.8 Å². The molecule has 1 N–H and O–H groups in total. The average Bonchev–Trinajstić information content (AvgIpc) is 2.63. The van der Waals surface area contributed by atoms with Gasteiger partial charge in [-0.05, 0) is 27.7 Å². The van der Waals surface area contributed by atoms with Crippen molar-refractivity contribution < 1.29 is 9.90 Å². The number of hydrogen-bond acceptors (Lipinski definition) is 3. The minimum absolute atomic E-state index is 0.0565. The van der Waals surface area contributed by atoms with Crippen LogP contribution in [-0.4, -0.2) is 38.1 Å². The predicted octanol–water partition coefficient (Wildman–Crippen LogP) is 1.76. The molecule has 0 aliphatic heterocycles. The van der Waals surface area contributed by atoms with Gasteiger partial charge >= 0.3 is 5.97 Å². The minimum Gasteiger partial charge on any atom is -0.480 e. The molecule has 0 saturated heterocycles. The standard InChI is InChI=1S/C12H21N3O2/c1-9(2)14(7-12(16)17)6-11-5-13-8-15(11)10(3)4/h5,8-10H,6-7H2,1-4H3,(H,16,17). The van der Waals surface area contributed by atoms with Crippen molar-refractivity contribution in [2.24, 2.45) is 0 Å². The molecule has 1 heterocycles. The van der Waals surface area contributed by atoms with Crippen LogP contribution in [0.2, 0.25) is 0 Å². The van der Waals surface area contributed by atoms with E-state index in [-0.39, 0.29) is 12.6 Å². The van der Waals surface area contributed by atoms with Crippen LogP contribution in [0.5, 0.6) is 0 Å². The van der Waals surface area contributed by atoms with Crippen LogP contribution in [0.4, 0.5) is 0 Å². The zero-order valence-electron chi connectivity index (χ0n) is 10.9. The summed E-state index contributed by atoms with van der Waals surface area (Å²) in [5, 5.41) is 8.88. The highest BCUT2D eigenvalue weighted by Gasteiger charge is 2.16. The van der Waals surface area contributed by atoms with Gasteiger partial charge in [-0.25, -0.2) is 4.98 Å². The maximum atomic E-state index is 10.8. The van der Waals surface area contributed by atoms with Crippen LogP contribution in [0.1, 0.15) is 39.4 Å². The summed E-state index contributed by atoms with van der Waals surface area (Å²) in [6.45, 7) is 8.84. The number of imidazole rings is 1. The topological polar surface area (TPSA) is 58.4 Å². The molecule has 0 spiro atoms. The van der Waals surface area contributed by atoms with Gasteiger partial charge in [0.2, 0.25) is 0 Å². The minimum atomic E-state index is -0.797. The summed E-state index contributed by atoms with van der Waals surface area (Å²) in [5.41, 5.74) is 1.05. The molecule has 0 aliphatic carbocycles. The second-order valence-corrected chi connectivity index (χ2v) is 4.78. The van der Waals surface area contributed by atoms with Gasteiger partial charge in [-0.3, -0.25) is 9.69 Å². The lowest BCUT2D eigenvalue weighted by Gasteiger charge is -2.25. The third kappa shape index (κ3) is 3.85. The molecule has 0 radical (unpaired) electrons. The lowest BCUT2D eigenvalue weighted by molar-refractivity contribution is -0.139. The maximum absolute atomic E-state index is 10.8. The summed E-state index contributed by atoms with van der Waals surface area (Å²) in [4.78, 5) is 16.8. The Bertz CT molecular complexity index is 372. The molecule has 5 heteroatoms. The molecule has 17 heavy (non-hydrogen) atoms. The van der Waals surface area contributed by atoms with Gasteiger partial charge in [0.05, 0.1) is 18.6 Å². The van der Waals surface area contributed by atoms with Crippen molar-refractivity contribution >= 4 is 5.97 Å². The van der Waals surface area contributed by atoms with Crippen molar-refractivity contribution in [2.45, 2.75) is 46.3 Å². The highest BCUT2D eigenvalue weighted by atomic mass is 16.4. The van der Waals surface area contributed by atoms with Gasteiger partial charge in [0.25, 0.3) is 0 Å². The number of nitrogens with zero attached hydrogens (tertiary/aromatic N) is 3. The maximum Gasteiger partial charge on any atom is 0.317 e. The Hall–Kier alpha value is -1.36. The molecular formula is C12H21N3O2. The molecule has 0 bridgehead atoms. The van der Waals surface area contributed by atoms with E-state index in [2.05, 4.69) is 23.4 Å². The number of carbonyl (C=O) groups is 1. The first-order valence-corrected chi connectivity index (χ1v) is 5.88. The van der Waals surface area contributed by atoms with Gasteiger partial charge in [0.15, 0.2) is 0 Å². The van der Waals surface area contributed by atoms with E-state index in [1.54, 1.807) is 12.5 Å². The van der Waals surface area contributed by atoms with E-state index in [0.29, 0.717) is 12.6 Å². The van der Waals surface area contributed by atoms with Crippen molar-refractivity contribution in [3.63, 3.8) is 0 Å². The third-order valence-corrected chi connectivity index (χ3v) is 2.74. The van der Waals surface area contributed by atoms with Crippen molar-refractivity contribution in [1.82, 2.24) is 14.5 Å². The Labute approximate surface area is 102 Å². The SMILES string of the molecule is CC(C)N(CC(=O)O)Cc1cncn1C(C)C. The summed E-state index contributed by atoms with van der Waals surface area (Å²) in [6, 6.07) is 0.535. The van der Waals surface area contributed by atoms with E-state index >= 15 is 0 Å². The number of carboxylic acid groups (broad SMARTS) is 1. The lowest BCUT2D eigenvalue weighted by Crippen LogP contribution is -2.35. The second-order valence-electron chi connectivity index (χ2n) is 4.78. The molecule has 5 nitrogen and oxygen atoms in total. The van der Waals surface area contributed by atoms with Gasteiger partial charge in [-0.2, -0.15) is 0 Å². The van der Waals surface area contributed by atoms with E-state index in [1.807, 2.05) is 18.7 Å². The molecule has 0 unspecified atom stereocenters. The molecule has 0 atom stereocenters. The Kier molecular flexibility index (Phi) is 4.69. The first-order valence-electron chi connectivity index (χ1n) is 5.88. The highest BCUT2D eigenvalue weighted by molar-refractivity contribution is 5.69. The average molecular weight is 239 g/mol. The van der Waals surface area contributed by atoms with Gasteiger partial charge < -0.3 is 9.67 Å². The van der Waals surface area contributed by atoms with Crippen LogP contribution in [0, 0.1) is 0 Å². The van der Waals surface area contributed by atoms with E-state index in [4.69, 9.17) is 5.11 Å². The van der Waals surface area contributed by atoms with Crippen LogP contribution >= 0.6 is 0 Å². The highest BCUT2D eigenvalue weighted by Crippen LogP contribution is 2.12. The molecule has 0 fully saturated rings. The number of aliphatic carboxylic acids is 1. The number of carboxylic acids is 1.